The molecule has 0 bridgehead atoms. The SMILES string of the molecule is C#C[C@]1(O)CC[C@H]2[C@@H]3CCC4Cc5nn(C)cc5C[C@]4(C)[C@H]3CC[C@@]21C. The van der Waals surface area contributed by atoms with Gasteiger partial charge in [-0.25, -0.2) is 0 Å². The van der Waals surface area contributed by atoms with Crippen LogP contribution in [0.1, 0.15) is 63.6 Å². The second-order valence-electron chi connectivity index (χ2n) is 10.3. The van der Waals surface area contributed by atoms with Gasteiger partial charge in [-0.05, 0) is 86.0 Å². The normalized spacial score (nSPS) is 49.5. The summed E-state index contributed by atoms with van der Waals surface area (Å²) >= 11 is 0. The molecule has 0 aromatic carbocycles. The highest BCUT2D eigenvalue weighted by molar-refractivity contribution is 5.28. The quantitative estimate of drug-likeness (QED) is 0.722. The summed E-state index contributed by atoms with van der Waals surface area (Å²) in [5, 5.41) is 15.9. The number of aliphatic hydroxyl groups is 1. The van der Waals surface area contributed by atoms with E-state index < -0.39 is 5.60 Å². The van der Waals surface area contributed by atoms with Crippen molar-refractivity contribution in [2.24, 2.45) is 41.5 Å². The maximum Gasteiger partial charge on any atom is 0.130 e. The number of aryl methyl sites for hydroxylation is 1. The van der Waals surface area contributed by atoms with E-state index >= 15 is 0 Å². The Hall–Kier alpha value is -1.27. The maximum absolute atomic E-state index is 11.1. The summed E-state index contributed by atoms with van der Waals surface area (Å²) in [5.41, 5.74) is 2.24. The van der Waals surface area contributed by atoms with Crippen molar-refractivity contribution < 1.29 is 5.11 Å². The number of rotatable bonds is 0. The fourth-order valence-corrected chi connectivity index (χ4v) is 7.95. The zero-order chi connectivity index (χ0) is 18.3. The molecule has 3 heteroatoms. The van der Waals surface area contributed by atoms with Gasteiger partial charge in [0.05, 0.1) is 5.69 Å². The van der Waals surface area contributed by atoms with Crippen molar-refractivity contribution in [1.82, 2.24) is 9.78 Å². The van der Waals surface area contributed by atoms with Gasteiger partial charge in [-0.1, -0.05) is 19.8 Å². The minimum absolute atomic E-state index is 0.0831. The van der Waals surface area contributed by atoms with E-state index in [2.05, 4.69) is 33.0 Å². The highest BCUT2D eigenvalue weighted by Crippen LogP contribution is 2.67. The first-order chi connectivity index (χ1) is 12.3. The van der Waals surface area contributed by atoms with Crippen LogP contribution in [-0.2, 0) is 19.9 Å². The number of terminal acetylenes is 1. The van der Waals surface area contributed by atoms with Crippen LogP contribution in [-0.4, -0.2) is 20.5 Å². The minimum Gasteiger partial charge on any atom is -0.377 e. The lowest BCUT2D eigenvalue weighted by Crippen LogP contribution is -2.56. The van der Waals surface area contributed by atoms with Crippen LogP contribution in [0, 0.1) is 46.8 Å². The molecule has 1 aromatic rings. The van der Waals surface area contributed by atoms with E-state index in [4.69, 9.17) is 11.5 Å². The molecule has 0 spiro atoms. The molecule has 7 atom stereocenters. The topological polar surface area (TPSA) is 38.1 Å². The van der Waals surface area contributed by atoms with Crippen LogP contribution in [0.3, 0.4) is 0 Å². The lowest BCUT2D eigenvalue weighted by Gasteiger charge is -2.60. The monoisotopic (exact) mass is 352 g/mol. The summed E-state index contributed by atoms with van der Waals surface area (Å²) in [7, 11) is 2.05. The lowest BCUT2D eigenvalue weighted by atomic mass is 9.44. The molecular weight excluding hydrogens is 320 g/mol. The summed E-state index contributed by atoms with van der Waals surface area (Å²) in [6.45, 7) is 4.85. The van der Waals surface area contributed by atoms with Crippen molar-refractivity contribution in [3.8, 4) is 12.3 Å². The van der Waals surface area contributed by atoms with E-state index in [9.17, 15) is 5.11 Å². The Labute approximate surface area is 157 Å². The fraction of sp³-hybridized carbons (Fsp3) is 0.783. The third-order valence-corrected chi connectivity index (χ3v) is 9.46. The molecule has 5 rings (SSSR count). The lowest BCUT2D eigenvalue weighted by molar-refractivity contribution is -0.127. The van der Waals surface area contributed by atoms with Crippen molar-refractivity contribution in [3.05, 3.63) is 17.5 Å². The van der Waals surface area contributed by atoms with Crippen molar-refractivity contribution >= 4 is 0 Å². The number of hydrogen-bond acceptors (Lipinski definition) is 2. The van der Waals surface area contributed by atoms with Gasteiger partial charge < -0.3 is 5.11 Å². The summed E-state index contributed by atoms with van der Waals surface area (Å²) in [4.78, 5) is 0. The Bertz CT molecular complexity index is 791. The van der Waals surface area contributed by atoms with Crippen molar-refractivity contribution in [1.29, 1.82) is 0 Å². The molecule has 3 saturated carbocycles. The molecule has 3 fully saturated rings. The number of fused-ring (bicyclic) bond motifs is 6. The summed E-state index contributed by atoms with van der Waals surface area (Å²) in [5.74, 6) is 5.66. The maximum atomic E-state index is 11.1. The Balaban J connectivity index is 1.50. The molecule has 140 valence electrons. The molecule has 1 unspecified atom stereocenters. The second kappa shape index (κ2) is 5.16. The van der Waals surface area contributed by atoms with E-state index in [-0.39, 0.29) is 5.41 Å². The Kier molecular flexibility index (Phi) is 3.35. The van der Waals surface area contributed by atoms with Crippen LogP contribution in [0.15, 0.2) is 6.20 Å². The molecule has 26 heavy (non-hydrogen) atoms. The third kappa shape index (κ3) is 1.92. The van der Waals surface area contributed by atoms with Crippen LogP contribution in [0.25, 0.3) is 0 Å². The summed E-state index contributed by atoms with van der Waals surface area (Å²) in [6.07, 6.45) is 17.2. The molecule has 1 aromatic heterocycles. The molecular formula is C23H32N2O. The minimum atomic E-state index is -0.885. The Morgan fingerprint density at radius 1 is 1.19 bits per heavy atom. The van der Waals surface area contributed by atoms with Gasteiger partial charge in [-0.15, -0.1) is 6.42 Å². The van der Waals surface area contributed by atoms with E-state index in [1.807, 2.05) is 4.68 Å². The largest absolute Gasteiger partial charge is 0.377 e. The van der Waals surface area contributed by atoms with Crippen LogP contribution < -0.4 is 0 Å². The zero-order valence-electron chi connectivity index (χ0n) is 16.5. The van der Waals surface area contributed by atoms with E-state index in [1.54, 1.807) is 0 Å². The van der Waals surface area contributed by atoms with Gasteiger partial charge in [0.2, 0.25) is 0 Å². The van der Waals surface area contributed by atoms with E-state index in [0.29, 0.717) is 11.3 Å². The number of hydrogen-bond donors (Lipinski definition) is 1. The van der Waals surface area contributed by atoms with Gasteiger partial charge in [0.15, 0.2) is 0 Å². The molecule has 4 aliphatic rings. The van der Waals surface area contributed by atoms with Crippen molar-refractivity contribution in [3.63, 3.8) is 0 Å². The Morgan fingerprint density at radius 2 is 1.96 bits per heavy atom. The standard InChI is InChI=1S/C23H32N2O/c1-5-23(26)11-9-19-17-7-6-16-12-20-15(14-25(4)24-20)13-21(16,2)18(17)8-10-22(19,23)3/h1,14,16-19,26H,6-13H2,2-4H3/t16?,17-,18+,19+,21+,22+,23+/m1/s1. The van der Waals surface area contributed by atoms with Crippen molar-refractivity contribution in [2.45, 2.75) is 70.8 Å². The summed E-state index contributed by atoms with van der Waals surface area (Å²) in [6, 6.07) is 0. The third-order valence-electron chi connectivity index (χ3n) is 9.46. The molecule has 1 heterocycles. The van der Waals surface area contributed by atoms with Crippen molar-refractivity contribution in [2.75, 3.05) is 0 Å². The van der Waals surface area contributed by atoms with Crippen LogP contribution >= 0.6 is 0 Å². The van der Waals surface area contributed by atoms with Crippen LogP contribution in [0.5, 0.6) is 0 Å². The predicted octanol–water partition coefficient (Wildman–Crippen LogP) is 3.74. The van der Waals surface area contributed by atoms with Gasteiger partial charge >= 0.3 is 0 Å². The highest BCUT2D eigenvalue weighted by atomic mass is 16.3. The van der Waals surface area contributed by atoms with E-state index in [1.165, 1.54) is 36.9 Å². The molecule has 0 amide bonds. The second-order valence-corrected chi connectivity index (χ2v) is 10.3. The van der Waals surface area contributed by atoms with E-state index in [0.717, 1.165) is 43.4 Å². The molecule has 3 nitrogen and oxygen atoms in total. The van der Waals surface area contributed by atoms with Gasteiger partial charge in [0.1, 0.15) is 5.60 Å². The molecule has 0 radical (unpaired) electrons. The molecule has 4 aliphatic carbocycles. The smallest absolute Gasteiger partial charge is 0.130 e. The van der Waals surface area contributed by atoms with Gasteiger partial charge in [0.25, 0.3) is 0 Å². The fourth-order valence-electron chi connectivity index (χ4n) is 7.95. The first-order valence-corrected chi connectivity index (χ1v) is 10.5. The molecule has 1 N–H and O–H groups in total. The van der Waals surface area contributed by atoms with Gasteiger partial charge in [0, 0.05) is 18.7 Å². The van der Waals surface area contributed by atoms with Gasteiger partial charge in [-0.2, -0.15) is 5.10 Å². The number of nitrogens with zero attached hydrogens (tertiary/aromatic N) is 2. The van der Waals surface area contributed by atoms with Crippen LogP contribution in [0.2, 0.25) is 0 Å². The first kappa shape index (κ1) is 16.9. The average Bonchev–Trinajstić information content (AvgIpc) is 3.08. The average molecular weight is 353 g/mol. The summed E-state index contributed by atoms with van der Waals surface area (Å²) < 4.78 is 2.00. The predicted molar refractivity (Wildman–Crippen MR) is 102 cm³/mol. The first-order valence-electron chi connectivity index (χ1n) is 10.5. The highest BCUT2D eigenvalue weighted by Gasteiger charge is 2.64. The molecule has 0 saturated heterocycles. The molecule has 0 aliphatic heterocycles. The zero-order valence-corrected chi connectivity index (χ0v) is 16.5. The van der Waals surface area contributed by atoms with Crippen LogP contribution in [0.4, 0.5) is 0 Å². The number of aromatic nitrogens is 2. The Morgan fingerprint density at radius 3 is 2.73 bits per heavy atom. The van der Waals surface area contributed by atoms with Gasteiger partial charge in [-0.3, -0.25) is 4.68 Å².